The van der Waals surface area contributed by atoms with Crippen molar-refractivity contribution >= 4 is 37.7 Å². The summed E-state index contributed by atoms with van der Waals surface area (Å²) in [4.78, 5) is 0. The third-order valence-electron chi connectivity index (χ3n) is 1.25. The highest BCUT2D eigenvalue weighted by Gasteiger charge is 2.36. The van der Waals surface area contributed by atoms with Crippen molar-refractivity contribution in [2.75, 3.05) is 0 Å². The summed E-state index contributed by atoms with van der Waals surface area (Å²) in [6, 6.07) is 0. The van der Waals surface area contributed by atoms with Crippen molar-refractivity contribution in [2.45, 2.75) is 0 Å². The molecule has 0 aromatic rings. The number of rotatable bonds is 9. The van der Waals surface area contributed by atoms with Gasteiger partial charge in [-0.2, -0.15) is 25.3 Å². The molecule has 0 radical (unpaired) electrons. The fourth-order valence-electron chi connectivity index (χ4n) is 0.494. The third-order valence-corrected chi connectivity index (χ3v) is 3.75. The molecule has 0 spiro atoms. The normalized spacial score (nSPS) is 12.6. The van der Waals surface area contributed by atoms with E-state index in [2.05, 4.69) is 32.0 Å². The Morgan fingerprint density at radius 3 is 1.00 bits per heavy atom. The first-order chi connectivity index (χ1) is 8.47. The van der Waals surface area contributed by atoms with Gasteiger partial charge in [-0.25, -0.2) is 0 Å². The van der Waals surface area contributed by atoms with E-state index in [-0.39, 0.29) is 16.2 Å². The predicted molar refractivity (Wildman–Crippen MR) is 66.4 cm³/mol. The van der Waals surface area contributed by atoms with E-state index in [1.54, 1.807) is 0 Å². The Hall–Kier alpha value is -0.985. The lowest BCUT2D eigenvalue weighted by Crippen LogP contribution is -2.33. The van der Waals surface area contributed by atoms with Crippen molar-refractivity contribution in [3.63, 3.8) is 0 Å². The van der Waals surface area contributed by atoms with Gasteiger partial charge in [-0.3, -0.25) is 12.3 Å². The summed E-state index contributed by atoms with van der Waals surface area (Å²) in [7, 11) is -16.0. The van der Waals surface area contributed by atoms with Crippen molar-refractivity contribution in [1.29, 1.82) is 0 Å². The maximum absolute atomic E-state index is 11.0. The van der Waals surface area contributed by atoms with Crippen molar-refractivity contribution in [1.82, 2.24) is 0 Å². The lowest BCUT2D eigenvalue weighted by atomic mass is 10.3. The summed E-state index contributed by atoms with van der Waals surface area (Å²) in [5, 5.41) is 0.856. The van der Waals surface area contributed by atoms with Crippen molar-refractivity contribution in [3.05, 3.63) is 36.0 Å². The molecule has 0 rings (SSSR count). The molecular formula is C6H9BO9S3. The Morgan fingerprint density at radius 2 is 0.842 bits per heavy atom. The Kier molecular flexibility index (Phi) is 6.11. The molecule has 0 fully saturated rings. The van der Waals surface area contributed by atoms with Crippen molar-refractivity contribution in [3.8, 4) is 0 Å². The van der Waals surface area contributed by atoms with Crippen LogP contribution in [0.15, 0.2) is 36.0 Å². The SMILES string of the molecule is C=CS(=O)(=O)OB(OS(=O)(=O)C=C)OS(=O)(=O)C=C. The maximum atomic E-state index is 11.0. The zero-order chi connectivity index (χ0) is 15.3. The molecule has 0 aliphatic carbocycles. The monoisotopic (exact) mass is 332 g/mol. The Morgan fingerprint density at radius 1 is 0.632 bits per heavy atom. The van der Waals surface area contributed by atoms with E-state index in [9.17, 15) is 25.3 Å². The molecule has 0 saturated carbocycles. The summed E-state index contributed by atoms with van der Waals surface area (Å²) in [6.45, 7) is 8.57. The minimum absolute atomic E-state index is 0.285. The van der Waals surface area contributed by atoms with Gasteiger partial charge in [0.05, 0.1) is 0 Å². The van der Waals surface area contributed by atoms with Gasteiger partial charge in [0.1, 0.15) is 0 Å². The summed E-state index contributed by atoms with van der Waals surface area (Å²) in [6.07, 6.45) is 0. The van der Waals surface area contributed by atoms with Gasteiger partial charge in [0.25, 0.3) is 30.4 Å². The van der Waals surface area contributed by atoms with E-state index in [0.717, 1.165) is 0 Å². The van der Waals surface area contributed by atoms with Gasteiger partial charge in [0, 0.05) is 16.2 Å². The molecule has 0 N–H and O–H groups in total. The van der Waals surface area contributed by atoms with Gasteiger partial charge >= 0.3 is 7.32 Å². The molecule has 0 bridgehead atoms. The van der Waals surface area contributed by atoms with Crippen LogP contribution in [-0.4, -0.2) is 32.6 Å². The quantitative estimate of drug-likeness (QED) is 0.510. The van der Waals surface area contributed by atoms with Crippen LogP contribution in [0.2, 0.25) is 0 Å². The topological polar surface area (TPSA) is 130 Å². The molecule has 0 atom stereocenters. The van der Waals surface area contributed by atoms with Crippen LogP contribution in [-0.2, 0) is 42.7 Å². The fourth-order valence-corrected chi connectivity index (χ4v) is 1.77. The molecule has 13 heteroatoms. The van der Waals surface area contributed by atoms with E-state index in [4.69, 9.17) is 0 Å². The molecule has 0 unspecified atom stereocenters. The maximum Gasteiger partial charge on any atom is 0.685 e. The molecule has 0 aromatic carbocycles. The standard InChI is InChI=1S/C6H9BO9S3/c1-4-17(8,9)14-7(15-18(10,11)5-2)16-19(12,13)6-3/h4-6H,1-3H2. The van der Waals surface area contributed by atoms with Crippen LogP contribution in [0.25, 0.3) is 0 Å². The minimum atomic E-state index is -4.46. The van der Waals surface area contributed by atoms with E-state index in [1.165, 1.54) is 0 Å². The molecule has 19 heavy (non-hydrogen) atoms. The average Bonchev–Trinajstić information content (AvgIpc) is 2.27. The Bertz CT molecular complexity index is 562. The van der Waals surface area contributed by atoms with Crippen LogP contribution < -0.4 is 0 Å². The molecule has 0 aliphatic rings. The van der Waals surface area contributed by atoms with Crippen LogP contribution >= 0.6 is 0 Å². The summed E-state index contributed by atoms with van der Waals surface area (Å²) in [5.74, 6) is 0. The molecule has 108 valence electrons. The first-order valence-electron chi connectivity index (χ1n) is 4.14. The highest BCUT2D eigenvalue weighted by molar-refractivity contribution is 7.93. The lowest BCUT2D eigenvalue weighted by Gasteiger charge is -2.10. The third kappa shape index (κ3) is 7.24. The second-order valence-corrected chi connectivity index (χ2v) is 7.09. The summed E-state index contributed by atoms with van der Waals surface area (Å²) in [5.41, 5.74) is 0. The van der Waals surface area contributed by atoms with Gasteiger partial charge < -0.3 is 0 Å². The van der Waals surface area contributed by atoms with Gasteiger partial charge in [-0.05, 0) is 0 Å². The Balaban J connectivity index is 5.33. The van der Waals surface area contributed by atoms with Crippen molar-refractivity contribution < 1.29 is 37.6 Å². The van der Waals surface area contributed by atoms with Gasteiger partial charge in [0.2, 0.25) is 0 Å². The molecule has 0 amide bonds. The zero-order valence-corrected chi connectivity index (χ0v) is 11.8. The predicted octanol–water partition coefficient (Wildman–Crippen LogP) is -0.559. The number of hydrogen-bond acceptors (Lipinski definition) is 9. The van der Waals surface area contributed by atoms with Crippen LogP contribution in [0.4, 0.5) is 0 Å². The van der Waals surface area contributed by atoms with Crippen LogP contribution in [0, 0.1) is 0 Å². The molecule has 9 nitrogen and oxygen atoms in total. The zero-order valence-electron chi connectivity index (χ0n) is 9.33. The Labute approximate surface area is 111 Å². The smallest absolute Gasteiger partial charge is 0.267 e. The van der Waals surface area contributed by atoms with Crippen LogP contribution in [0.1, 0.15) is 0 Å². The summed E-state index contributed by atoms with van der Waals surface area (Å²) < 4.78 is 78.2. The van der Waals surface area contributed by atoms with Gasteiger partial charge in [0.15, 0.2) is 0 Å². The molecule has 0 saturated heterocycles. The van der Waals surface area contributed by atoms with Crippen molar-refractivity contribution in [2.24, 2.45) is 0 Å². The molecule has 0 aliphatic heterocycles. The van der Waals surface area contributed by atoms with E-state index in [1.807, 2.05) is 0 Å². The largest absolute Gasteiger partial charge is 0.685 e. The van der Waals surface area contributed by atoms with Crippen LogP contribution in [0.5, 0.6) is 0 Å². The second-order valence-electron chi connectivity index (χ2n) is 2.56. The fraction of sp³-hybridized carbons (Fsp3) is 0. The van der Waals surface area contributed by atoms with Gasteiger partial charge in [-0.15, -0.1) is 0 Å². The molecular weight excluding hydrogens is 323 g/mol. The van der Waals surface area contributed by atoms with Crippen LogP contribution in [0.3, 0.4) is 0 Å². The van der Waals surface area contributed by atoms with Gasteiger partial charge in [-0.1, -0.05) is 19.7 Å². The minimum Gasteiger partial charge on any atom is -0.267 e. The first-order valence-corrected chi connectivity index (χ1v) is 8.55. The highest BCUT2D eigenvalue weighted by atomic mass is 32.2. The first kappa shape index (κ1) is 18.0. The van der Waals surface area contributed by atoms with E-state index in [0.29, 0.717) is 0 Å². The highest BCUT2D eigenvalue weighted by Crippen LogP contribution is 2.09. The number of hydrogen-bond donors (Lipinski definition) is 0. The molecule has 0 heterocycles. The lowest BCUT2D eigenvalue weighted by molar-refractivity contribution is 0.318. The van der Waals surface area contributed by atoms with E-state index < -0.39 is 37.7 Å². The second kappa shape index (κ2) is 6.45. The summed E-state index contributed by atoms with van der Waals surface area (Å²) >= 11 is 0. The molecule has 0 aromatic heterocycles. The average molecular weight is 332 g/mol. The van der Waals surface area contributed by atoms with E-state index >= 15 is 0 Å².